The Morgan fingerprint density at radius 3 is 2.31 bits per heavy atom. The van der Waals surface area contributed by atoms with Gasteiger partial charge in [0.25, 0.3) is 5.92 Å². The second-order valence-electron chi connectivity index (χ2n) is 11.2. The molecule has 0 aromatic rings. The summed E-state index contributed by atoms with van der Waals surface area (Å²) in [7, 11) is 0. The van der Waals surface area contributed by atoms with Crippen molar-refractivity contribution < 1.29 is 28.2 Å². The number of hydrogen-bond donors (Lipinski definition) is 2. The number of alkyl halides is 3. The first-order valence-electron chi connectivity index (χ1n) is 11.3. The fourth-order valence-corrected chi connectivity index (χ4v) is 8.47. The van der Waals surface area contributed by atoms with Crippen LogP contribution in [0.2, 0.25) is 0 Å². The smallest absolute Gasteiger partial charge is 0.338 e. The van der Waals surface area contributed by atoms with E-state index in [1.165, 1.54) is 0 Å². The Morgan fingerprint density at radius 2 is 1.66 bits per heavy atom. The molecule has 29 heavy (non-hydrogen) atoms. The first-order chi connectivity index (χ1) is 13.4. The number of halogens is 3. The summed E-state index contributed by atoms with van der Waals surface area (Å²) in [5, 5.41) is 19.2. The lowest BCUT2D eigenvalue weighted by Gasteiger charge is -2.63. The number of hydrogen-bond acceptors (Lipinski definition) is 2. The first kappa shape index (κ1) is 21.5. The summed E-state index contributed by atoms with van der Waals surface area (Å²) in [5.74, 6) is -6.18. The van der Waals surface area contributed by atoms with Crippen LogP contribution in [0.4, 0.5) is 13.2 Å². The minimum atomic E-state index is -2.78. The molecule has 0 spiro atoms. The van der Waals surface area contributed by atoms with Crippen LogP contribution in [0.25, 0.3) is 0 Å². The number of carboxylic acids is 1. The van der Waals surface area contributed by atoms with Crippen molar-refractivity contribution >= 4 is 5.97 Å². The van der Waals surface area contributed by atoms with Gasteiger partial charge in [0.1, 0.15) is 0 Å². The molecule has 4 fully saturated rings. The van der Waals surface area contributed by atoms with Crippen molar-refractivity contribution in [2.24, 2.45) is 46.3 Å². The molecule has 0 radical (unpaired) electrons. The number of carboxylic acid groups (broad SMARTS) is 1. The van der Waals surface area contributed by atoms with Gasteiger partial charge in [-0.2, -0.15) is 0 Å². The van der Waals surface area contributed by atoms with E-state index in [0.717, 1.165) is 12.8 Å². The number of aliphatic hydroxyl groups is 1. The maximum Gasteiger partial charge on any atom is 0.338 e. The number of carbonyl (C=O) groups is 1. The van der Waals surface area contributed by atoms with Crippen LogP contribution in [0.5, 0.6) is 0 Å². The van der Waals surface area contributed by atoms with E-state index in [2.05, 4.69) is 6.92 Å². The molecule has 4 unspecified atom stereocenters. The largest absolute Gasteiger partial charge is 0.479 e. The molecule has 6 heteroatoms. The normalized spacial score (nSPS) is 50.7. The van der Waals surface area contributed by atoms with E-state index in [4.69, 9.17) is 5.11 Å². The number of fused-ring (bicyclic) bond motifs is 5. The van der Waals surface area contributed by atoms with Crippen molar-refractivity contribution in [3.05, 3.63) is 0 Å². The van der Waals surface area contributed by atoms with Crippen LogP contribution in [-0.4, -0.2) is 34.4 Å². The van der Waals surface area contributed by atoms with Gasteiger partial charge in [-0.1, -0.05) is 20.8 Å². The van der Waals surface area contributed by atoms with Crippen molar-refractivity contribution in [3.8, 4) is 0 Å². The van der Waals surface area contributed by atoms with Crippen LogP contribution < -0.4 is 0 Å². The van der Waals surface area contributed by atoms with Gasteiger partial charge in [-0.25, -0.2) is 18.0 Å². The molecule has 10 atom stereocenters. The Morgan fingerprint density at radius 1 is 1.03 bits per heavy atom. The highest BCUT2D eigenvalue weighted by Crippen LogP contribution is 2.71. The zero-order valence-electron chi connectivity index (χ0n) is 17.7. The van der Waals surface area contributed by atoms with Gasteiger partial charge in [0.15, 0.2) is 6.17 Å². The maximum atomic E-state index is 15.6. The number of rotatable bonds is 3. The van der Waals surface area contributed by atoms with Crippen molar-refractivity contribution in [2.75, 3.05) is 0 Å². The quantitative estimate of drug-likeness (QED) is 0.655. The fourth-order valence-electron chi connectivity index (χ4n) is 8.47. The van der Waals surface area contributed by atoms with Gasteiger partial charge in [0.2, 0.25) is 0 Å². The molecule has 0 amide bonds. The van der Waals surface area contributed by atoms with Crippen molar-refractivity contribution in [3.63, 3.8) is 0 Å². The molecule has 0 aliphatic heterocycles. The zero-order chi connectivity index (χ0) is 21.4. The average Bonchev–Trinajstić information content (AvgIpc) is 2.98. The van der Waals surface area contributed by atoms with E-state index in [1.807, 2.05) is 6.92 Å². The standard InChI is InChI=1S/C23H35F3O3/c1-12(19(24)20(28)29)15-4-5-16-18-17(7-9-22(15,16)3)21(2)8-6-14(27)10-13(21)11-23(18,25)26/h12-19,27H,4-11H2,1-3H3,(H,28,29)/t12-,13-,14+,15+,16?,17?,18?,19?,21-,22+/m0/s1. The Kier molecular flexibility index (Phi) is 5.08. The first-order valence-corrected chi connectivity index (χ1v) is 11.3. The van der Waals surface area contributed by atoms with Gasteiger partial charge in [-0.15, -0.1) is 0 Å². The molecule has 0 bridgehead atoms. The molecule has 4 rings (SSSR count). The van der Waals surface area contributed by atoms with E-state index in [1.54, 1.807) is 6.92 Å². The summed E-state index contributed by atoms with van der Waals surface area (Å²) in [6.07, 6.45) is 2.12. The topological polar surface area (TPSA) is 57.5 Å². The van der Waals surface area contributed by atoms with E-state index >= 15 is 8.78 Å². The molecule has 0 aromatic carbocycles. The molecule has 4 aliphatic rings. The third-order valence-electron chi connectivity index (χ3n) is 10.0. The van der Waals surface area contributed by atoms with Crippen LogP contribution >= 0.6 is 0 Å². The molecule has 3 nitrogen and oxygen atoms in total. The van der Waals surface area contributed by atoms with Crippen LogP contribution in [-0.2, 0) is 4.79 Å². The summed E-state index contributed by atoms with van der Waals surface area (Å²) in [4.78, 5) is 11.2. The number of aliphatic carboxylic acids is 1. The van der Waals surface area contributed by atoms with Crippen molar-refractivity contribution in [2.45, 2.75) is 90.3 Å². The highest BCUT2D eigenvalue weighted by Gasteiger charge is 2.68. The highest BCUT2D eigenvalue weighted by molar-refractivity contribution is 5.72. The molecule has 166 valence electrons. The minimum absolute atomic E-state index is 0.0727. The molecule has 4 aliphatic carbocycles. The third-order valence-corrected chi connectivity index (χ3v) is 10.0. The van der Waals surface area contributed by atoms with Crippen molar-refractivity contribution in [1.82, 2.24) is 0 Å². The molecule has 4 saturated carbocycles. The van der Waals surface area contributed by atoms with Gasteiger partial charge in [-0.3, -0.25) is 0 Å². The Bertz CT molecular complexity index is 670. The SMILES string of the molecule is C[C@H](C(F)C(=O)O)[C@H]1CCC2C3C(CC[C@@]21C)[C@@]1(C)CC[C@@H](O)C[C@H]1CC3(F)F. The summed E-state index contributed by atoms with van der Waals surface area (Å²) in [6.45, 7) is 5.82. The Hall–Kier alpha value is -0.780. The highest BCUT2D eigenvalue weighted by atomic mass is 19.3. The molecular weight excluding hydrogens is 381 g/mol. The molecular formula is C23H35F3O3. The van der Waals surface area contributed by atoms with E-state index in [0.29, 0.717) is 32.1 Å². The van der Waals surface area contributed by atoms with Gasteiger partial charge in [0.05, 0.1) is 6.10 Å². The predicted molar refractivity (Wildman–Crippen MR) is 103 cm³/mol. The van der Waals surface area contributed by atoms with Gasteiger partial charge >= 0.3 is 5.97 Å². The Balaban J connectivity index is 1.65. The average molecular weight is 417 g/mol. The number of aliphatic hydroxyl groups excluding tert-OH is 1. The lowest BCUT2D eigenvalue weighted by Crippen LogP contribution is -2.61. The Labute approximate surface area is 171 Å². The van der Waals surface area contributed by atoms with Gasteiger partial charge in [-0.05, 0) is 79.4 Å². The van der Waals surface area contributed by atoms with Crippen molar-refractivity contribution in [1.29, 1.82) is 0 Å². The summed E-state index contributed by atoms with van der Waals surface area (Å²) < 4.78 is 45.5. The maximum absolute atomic E-state index is 15.6. The minimum Gasteiger partial charge on any atom is -0.479 e. The summed E-state index contributed by atoms with van der Waals surface area (Å²) in [6, 6.07) is 0. The second-order valence-corrected chi connectivity index (χ2v) is 11.2. The zero-order valence-corrected chi connectivity index (χ0v) is 17.7. The molecule has 0 saturated heterocycles. The lowest BCUT2D eigenvalue weighted by molar-refractivity contribution is -0.238. The molecule has 0 aromatic heterocycles. The van der Waals surface area contributed by atoms with Gasteiger partial charge < -0.3 is 10.2 Å². The second kappa shape index (κ2) is 6.86. The van der Waals surface area contributed by atoms with E-state index in [9.17, 15) is 14.3 Å². The van der Waals surface area contributed by atoms with Crippen LogP contribution in [0.1, 0.15) is 72.1 Å². The van der Waals surface area contributed by atoms with Crippen LogP contribution in [0.3, 0.4) is 0 Å². The molecule has 2 N–H and O–H groups in total. The predicted octanol–water partition coefficient (Wildman–Crippen LogP) is 5.31. The lowest BCUT2D eigenvalue weighted by atomic mass is 9.43. The van der Waals surface area contributed by atoms with E-state index in [-0.39, 0.29) is 35.5 Å². The third kappa shape index (κ3) is 3.06. The van der Waals surface area contributed by atoms with Crippen LogP contribution in [0, 0.1) is 46.3 Å². The summed E-state index contributed by atoms with van der Waals surface area (Å²) >= 11 is 0. The monoisotopic (exact) mass is 416 g/mol. The molecule has 0 heterocycles. The fraction of sp³-hybridized carbons (Fsp3) is 0.957. The van der Waals surface area contributed by atoms with Crippen LogP contribution in [0.15, 0.2) is 0 Å². The summed E-state index contributed by atoms with van der Waals surface area (Å²) in [5.41, 5.74) is -0.596. The van der Waals surface area contributed by atoms with E-state index < -0.39 is 41.4 Å². The van der Waals surface area contributed by atoms with Gasteiger partial charge in [0, 0.05) is 18.3 Å².